The summed E-state index contributed by atoms with van der Waals surface area (Å²) in [4.78, 5) is 0. The van der Waals surface area contributed by atoms with Crippen molar-refractivity contribution in [1.82, 2.24) is 0 Å². The Hall–Kier alpha value is -1.48. The van der Waals surface area contributed by atoms with Gasteiger partial charge in [-0.1, -0.05) is 18.2 Å². The molecule has 1 N–H and O–H groups in total. The smallest absolute Gasteiger partial charge is 0.133 e. The van der Waals surface area contributed by atoms with Crippen LogP contribution in [0, 0.1) is 6.92 Å². The summed E-state index contributed by atoms with van der Waals surface area (Å²) in [6.45, 7) is 2.36. The summed E-state index contributed by atoms with van der Waals surface area (Å²) in [6, 6.07) is 13.2. The zero-order valence-electron chi connectivity index (χ0n) is 9.48. The maximum Gasteiger partial charge on any atom is 0.133 e. The highest BCUT2D eigenvalue weighted by molar-refractivity contribution is 9.10. The average molecular weight is 293 g/mol. The lowest BCUT2D eigenvalue weighted by atomic mass is 10.1. The van der Waals surface area contributed by atoms with Gasteiger partial charge in [-0.3, -0.25) is 0 Å². The standard InChI is InChI=1S/C14H13BrO2/c1-10-8-11(6-7-13(10)16)9-17-14-5-3-2-4-12(14)15/h2-8,16H,9H2,1H3. The molecule has 0 amide bonds. The number of rotatable bonds is 3. The molecule has 2 rings (SSSR count). The first-order chi connectivity index (χ1) is 8.16. The highest BCUT2D eigenvalue weighted by atomic mass is 79.9. The predicted molar refractivity (Wildman–Crippen MR) is 71.3 cm³/mol. The fourth-order valence-electron chi connectivity index (χ4n) is 1.53. The highest BCUT2D eigenvalue weighted by Gasteiger charge is 2.02. The highest BCUT2D eigenvalue weighted by Crippen LogP contribution is 2.25. The molecule has 17 heavy (non-hydrogen) atoms. The van der Waals surface area contributed by atoms with Crippen LogP contribution in [-0.2, 0) is 6.61 Å². The van der Waals surface area contributed by atoms with Gasteiger partial charge in [0.05, 0.1) is 4.47 Å². The summed E-state index contributed by atoms with van der Waals surface area (Å²) in [6.07, 6.45) is 0. The van der Waals surface area contributed by atoms with Crippen LogP contribution in [0.25, 0.3) is 0 Å². The predicted octanol–water partition coefficient (Wildman–Crippen LogP) is 4.04. The van der Waals surface area contributed by atoms with Crippen molar-refractivity contribution in [3.63, 3.8) is 0 Å². The minimum Gasteiger partial charge on any atom is -0.508 e. The molecule has 0 aromatic heterocycles. The summed E-state index contributed by atoms with van der Waals surface area (Å²) in [5.41, 5.74) is 1.90. The van der Waals surface area contributed by atoms with Crippen molar-refractivity contribution in [2.24, 2.45) is 0 Å². The number of phenolic OH excluding ortho intramolecular Hbond substituents is 1. The Morgan fingerprint density at radius 1 is 1.18 bits per heavy atom. The van der Waals surface area contributed by atoms with E-state index in [0.29, 0.717) is 12.4 Å². The van der Waals surface area contributed by atoms with Crippen molar-refractivity contribution in [3.05, 3.63) is 58.1 Å². The third-order valence-corrected chi connectivity index (χ3v) is 3.15. The molecule has 2 aromatic carbocycles. The van der Waals surface area contributed by atoms with Crippen LogP contribution in [-0.4, -0.2) is 5.11 Å². The molecule has 0 atom stereocenters. The number of benzene rings is 2. The van der Waals surface area contributed by atoms with E-state index in [0.717, 1.165) is 21.3 Å². The Morgan fingerprint density at radius 2 is 1.94 bits per heavy atom. The second-order valence-corrected chi connectivity index (χ2v) is 4.69. The molecule has 0 aliphatic rings. The topological polar surface area (TPSA) is 29.5 Å². The quantitative estimate of drug-likeness (QED) is 0.925. The minimum absolute atomic E-state index is 0.314. The molecule has 0 unspecified atom stereocenters. The Morgan fingerprint density at radius 3 is 2.65 bits per heavy atom. The number of ether oxygens (including phenoxy) is 1. The lowest BCUT2D eigenvalue weighted by Crippen LogP contribution is -1.96. The maximum absolute atomic E-state index is 9.42. The Bertz CT molecular complexity index is 523. The molecule has 0 spiro atoms. The molecular weight excluding hydrogens is 280 g/mol. The van der Waals surface area contributed by atoms with Gasteiger partial charge in [-0.25, -0.2) is 0 Å². The summed E-state index contributed by atoms with van der Waals surface area (Å²) in [5, 5.41) is 9.42. The zero-order valence-corrected chi connectivity index (χ0v) is 11.1. The van der Waals surface area contributed by atoms with Crippen molar-refractivity contribution in [2.45, 2.75) is 13.5 Å². The van der Waals surface area contributed by atoms with E-state index in [1.54, 1.807) is 6.07 Å². The molecule has 0 aliphatic carbocycles. The van der Waals surface area contributed by atoms with E-state index in [1.807, 2.05) is 43.3 Å². The van der Waals surface area contributed by atoms with Gasteiger partial charge in [-0.15, -0.1) is 0 Å². The SMILES string of the molecule is Cc1cc(COc2ccccc2Br)ccc1O. The number of aromatic hydroxyl groups is 1. The van der Waals surface area contributed by atoms with Gasteiger partial charge in [0.25, 0.3) is 0 Å². The van der Waals surface area contributed by atoms with Crippen LogP contribution < -0.4 is 4.74 Å². The molecule has 0 saturated carbocycles. The van der Waals surface area contributed by atoms with Gasteiger partial charge in [0, 0.05) is 0 Å². The Kier molecular flexibility index (Phi) is 3.69. The molecule has 2 aromatic rings. The maximum atomic E-state index is 9.42. The van der Waals surface area contributed by atoms with Gasteiger partial charge in [0.1, 0.15) is 18.1 Å². The van der Waals surface area contributed by atoms with E-state index < -0.39 is 0 Å². The summed E-state index contributed by atoms with van der Waals surface area (Å²) in [5.74, 6) is 1.13. The molecule has 0 fully saturated rings. The molecule has 88 valence electrons. The van der Waals surface area contributed by atoms with Crippen molar-refractivity contribution in [2.75, 3.05) is 0 Å². The van der Waals surface area contributed by atoms with Crippen LogP contribution in [0.1, 0.15) is 11.1 Å². The molecule has 0 heterocycles. The van der Waals surface area contributed by atoms with Gasteiger partial charge in [-0.2, -0.15) is 0 Å². The van der Waals surface area contributed by atoms with Gasteiger partial charge in [0.2, 0.25) is 0 Å². The first-order valence-corrected chi connectivity index (χ1v) is 6.12. The summed E-state index contributed by atoms with van der Waals surface area (Å²) in [7, 11) is 0. The second kappa shape index (κ2) is 5.23. The fourth-order valence-corrected chi connectivity index (χ4v) is 1.93. The van der Waals surface area contributed by atoms with Crippen LogP contribution in [0.15, 0.2) is 46.9 Å². The van der Waals surface area contributed by atoms with Crippen molar-refractivity contribution in [1.29, 1.82) is 0 Å². The van der Waals surface area contributed by atoms with Gasteiger partial charge >= 0.3 is 0 Å². The fraction of sp³-hybridized carbons (Fsp3) is 0.143. The lowest BCUT2D eigenvalue weighted by Gasteiger charge is -2.09. The largest absolute Gasteiger partial charge is 0.508 e. The van der Waals surface area contributed by atoms with Gasteiger partial charge in [-0.05, 0) is 58.2 Å². The van der Waals surface area contributed by atoms with Crippen LogP contribution in [0.5, 0.6) is 11.5 Å². The first kappa shape index (κ1) is 12.0. The molecular formula is C14H13BrO2. The second-order valence-electron chi connectivity index (χ2n) is 3.84. The van der Waals surface area contributed by atoms with Crippen LogP contribution in [0.4, 0.5) is 0 Å². The summed E-state index contributed by atoms with van der Waals surface area (Å²) >= 11 is 3.43. The van der Waals surface area contributed by atoms with Gasteiger partial charge < -0.3 is 9.84 Å². The number of hydrogen-bond acceptors (Lipinski definition) is 2. The normalized spacial score (nSPS) is 10.2. The third kappa shape index (κ3) is 3.01. The first-order valence-electron chi connectivity index (χ1n) is 5.32. The average Bonchev–Trinajstić information content (AvgIpc) is 2.32. The molecule has 0 radical (unpaired) electrons. The van der Waals surface area contributed by atoms with Crippen LogP contribution >= 0.6 is 15.9 Å². The van der Waals surface area contributed by atoms with E-state index >= 15 is 0 Å². The molecule has 2 nitrogen and oxygen atoms in total. The van der Waals surface area contributed by atoms with E-state index in [-0.39, 0.29) is 0 Å². The minimum atomic E-state index is 0.314. The number of halogens is 1. The van der Waals surface area contributed by atoms with Crippen LogP contribution in [0.2, 0.25) is 0 Å². The van der Waals surface area contributed by atoms with Gasteiger partial charge in [0.15, 0.2) is 0 Å². The molecule has 0 bridgehead atoms. The number of hydrogen-bond donors (Lipinski definition) is 1. The van der Waals surface area contributed by atoms with Crippen molar-refractivity contribution in [3.8, 4) is 11.5 Å². The monoisotopic (exact) mass is 292 g/mol. The van der Waals surface area contributed by atoms with E-state index in [1.165, 1.54) is 0 Å². The zero-order chi connectivity index (χ0) is 12.3. The van der Waals surface area contributed by atoms with E-state index in [2.05, 4.69) is 15.9 Å². The third-order valence-electron chi connectivity index (χ3n) is 2.49. The molecule has 0 saturated heterocycles. The Labute approximate surface area is 109 Å². The summed E-state index contributed by atoms with van der Waals surface area (Å²) < 4.78 is 6.63. The van der Waals surface area contributed by atoms with Crippen LogP contribution in [0.3, 0.4) is 0 Å². The van der Waals surface area contributed by atoms with E-state index in [9.17, 15) is 5.11 Å². The number of aryl methyl sites for hydroxylation is 1. The Balaban J connectivity index is 2.08. The molecule has 3 heteroatoms. The van der Waals surface area contributed by atoms with Crippen molar-refractivity contribution < 1.29 is 9.84 Å². The number of phenols is 1. The lowest BCUT2D eigenvalue weighted by molar-refractivity contribution is 0.304. The van der Waals surface area contributed by atoms with Crippen molar-refractivity contribution >= 4 is 15.9 Å². The number of para-hydroxylation sites is 1. The van der Waals surface area contributed by atoms with E-state index in [4.69, 9.17) is 4.74 Å². The molecule has 0 aliphatic heterocycles.